The summed E-state index contributed by atoms with van der Waals surface area (Å²) in [4.78, 5) is 12.2. The molecule has 0 radical (unpaired) electrons. The van der Waals surface area contributed by atoms with E-state index < -0.39 is 0 Å². The highest BCUT2D eigenvalue weighted by molar-refractivity contribution is 5.79. The van der Waals surface area contributed by atoms with Crippen LogP contribution in [0.15, 0.2) is 29.8 Å². The number of allylic oxidation sites excluding steroid dienone is 1. The van der Waals surface area contributed by atoms with Crippen LogP contribution < -0.4 is 10.1 Å². The molecule has 4 heteroatoms. The second-order valence-corrected chi connectivity index (χ2v) is 6.54. The van der Waals surface area contributed by atoms with E-state index in [1.807, 2.05) is 0 Å². The van der Waals surface area contributed by atoms with E-state index in [4.69, 9.17) is 4.74 Å². The molecule has 0 spiro atoms. The largest absolute Gasteiger partial charge is 0.504 e. The maximum Gasteiger partial charge on any atom is 0.224 e. The summed E-state index contributed by atoms with van der Waals surface area (Å²) in [6.07, 6.45) is 10.7. The zero-order chi connectivity index (χ0) is 17.4. The Morgan fingerprint density at radius 3 is 2.88 bits per heavy atom. The summed E-state index contributed by atoms with van der Waals surface area (Å²) in [5, 5.41) is 12.7. The van der Waals surface area contributed by atoms with Gasteiger partial charge in [0.15, 0.2) is 11.5 Å². The van der Waals surface area contributed by atoms with E-state index >= 15 is 0 Å². The van der Waals surface area contributed by atoms with Gasteiger partial charge in [-0.25, -0.2) is 0 Å². The van der Waals surface area contributed by atoms with Crippen molar-refractivity contribution in [2.24, 2.45) is 0 Å². The van der Waals surface area contributed by atoms with Gasteiger partial charge in [0.25, 0.3) is 0 Å². The lowest BCUT2D eigenvalue weighted by Gasteiger charge is -2.23. The van der Waals surface area contributed by atoms with Crippen LogP contribution in [0.2, 0.25) is 0 Å². The fraction of sp³-hybridized carbons (Fsp3) is 0.550. The molecule has 0 saturated heterocycles. The number of methoxy groups -OCH3 is 1. The van der Waals surface area contributed by atoms with Gasteiger partial charge < -0.3 is 15.2 Å². The van der Waals surface area contributed by atoms with Crippen LogP contribution in [-0.2, 0) is 11.2 Å². The smallest absolute Gasteiger partial charge is 0.224 e. The molecule has 2 rings (SSSR count). The van der Waals surface area contributed by atoms with Crippen LogP contribution in [0.25, 0.3) is 0 Å². The quantitative estimate of drug-likeness (QED) is 0.556. The lowest BCUT2D eigenvalue weighted by molar-refractivity contribution is -0.121. The van der Waals surface area contributed by atoms with Crippen LogP contribution in [-0.4, -0.2) is 24.2 Å². The SMILES string of the molecule is CCCCCC1=CCC(NC(=O)Cc2ccc(O)c(OC)c2)CC1. The zero-order valence-electron chi connectivity index (χ0n) is 14.8. The molecule has 0 heterocycles. The lowest BCUT2D eigenvalue weighted by Crippen LogP contribution is -2.36. The number of benzene rings is 1. The van der Waals surface area contributed by atoms with Crippen LogP contribution in [0.3, 0.4) is 0 Å². The summed E-state index contributed by atoms with van der Waals surface area (Å²) in [6.45, 7) is 2.23. The number of hydrogen-bond acceptors (Lipinski definition) is 3. The number of carbonyl (C=O) groups excluding carboxylic acids is 1. The lowest BCUT2D eigenvalue weighted by atomic mass is 9.92. The summed E-state index contributed by atoms with van der Waals surface area (Å²) in [6, 6.07) is 5.27. The first kappa shape index (κ1) is 18.4. The molecular formula is C20H29NO3. The zero-order valence-corrected chi connectivity index (χ0v) is 14.8. The Balaban J connectivity index is 1.79. The molecule has 1 amide bonds. The van der Waals surface area contributed by atoms with Gasteiger partial charge in [-0.1, -0.05) is 37.5 Å². The van der Waals surface area contributed by atoms with Crippen molar-refractivity contribution >= 4 is 5.91 Å². The Bertz CT molecular complexity index is 580. The number of nitrogens with one attached hydrogen (secondary N) is 1. The van der Waals surface area contributed by atoms with Gasteiger partial charge in [0.2, 0.25) is 5.91 Å². The molecule has 1 aliphatic rings. The van der Waals surface area contributed by atoms with Crippen molar-refractivity contribution in [3.05, 3.63) is 35.4 Å². The predicted octanol–water partition coefficient (Wildman–Crippen LogP) is 4.12. The first-order valence-electron chi connectivity index (χ1n) is 8.95. The summed E-state index contributed by atoms with van der Waals surface area (Å²) < 4.78 is 5.08. The minimum Gasteiger partial charge on any atom is -0.504 e. The van der Waals surface area contributed by atoms with Crippen LogP contribution in [0, 0.1) is 0 Å². The van der Waals surface area contributed by atoms with E-state index in [1.165, 1.54) is 32.8 Å². The van der Waals surface area contributed by atoms with Crippen molar-refractivity contribution in [1.82, 2.24) is 5.32 Å². The molecule has 132 valence electrons. The fourth-order valence-corrected chi connectivity index (χ4v) is 3.14. The van der Waals surface area contributed by atoms with Crippen molar-refractivity contribution in [3.63, 3.8) is 0 Å². The van der Waals surface area contributed by atoms with Gasteiger partial charge in [0.1, 0.15) is 0 Å². The summed E-state index contributed by atoms with van der Waals surface area (Å²) in [5.41, 5.74) is 2.39. The number of ether oxygens (including phenoxy) is 1. The second kappa shape index (κ2) is 9.36. The average Bonchev–Trinajstić information content (AvgIpc) is 2.58. The van der Waals surface area contributed by atoms with Crippen molar-refractivity contribution in [3.8, 4) is 11.5 Å². The number of phenolic OH excluding ortho intramolecular Hbond substituents is 1. The van der Waals surface area contributed by atoms with Crippen LogP contribution >= 0.6 is 0 Å². The third-order valence-electron chi connectivity index (χ3n) is 4.58. The van der Waals surface area contributed by atoms with Crippen molar-refractivity contribution < 1.29 is 14.6 Å². The van der Waals surface area contributed by atoms with Crippen LogP contribution in [0.5, 0.6) is 11.5 Å². The van der Waals surface area contributed by atoms with E-state index in [2.05, 4.69) is 18.3 Å². The number of rotatable bonds is 8. The van der Waals surface area contributed by atoms with E-state index in [-0.39, 0.29) is 17.7 Å². The highest BCUT2D eigenvalue weighted by Gasteiger charge is 2.17. The number of phenols is 1. The van der Waals surface area contributed by atoms with Crippen molar-refractivity contribution in [2.45, 2.75) is 64.3 Å². The Hall–Kier alpha value is -1.97. The topological polar surface area (TPSA) is 58.6 Å². The monoisotopic (exact) mass is 331 g/mol. The van der Waals surface area contributed by atoms with Gasteiger partial charge in [0, 0.05) is 6.04 Å². The minimum absolute atomic E-state index is 0.0237. The molecule has 0 aliphatic heterocycles. The first-order chi connectivity index (χ1) is 11.6. The average molecular weight is 331 g/mol. The Labute approximate surface area is 144 Å². The fourth-order valence-electron chi connectivity index (χ4n) is 3.14. The Morgan fingerprint density at radius 2 is 2.21 bits per heavy atom. The minimum atomic E-state index is 0.0237. The van der Waals surface area contributed by atoms with Gasteiger partial charge in [-0.2, -0.15) is 0 Å². The molecule has 1 aromatic rings. The van der Waals surface area contributed by atoms with Gasteiger partial charge in [-0.05, 0) is 49.8 Å². The summed E-state index contributed by atoms with van der Waals surface area (Å²) >= 11 is 0. The number of unbranched alkanes of at least 4 members (excludes halogenated alkanes) is 2. The van der Waals surface area contributed by atoms with Gasteiger partial charge in [-0.3, -0.25) is 4.79 Å². The maximum atomic E-state index is 12.2. The molecule has 0 fully saturated rings. The van der Waals surface area contributed by atoms with Gasteiger partial charge in [-0.15, -0.1) is 0 Å². The molecule has 1 aromatic carbocycles. The molecule has 1 aliphatic carbocycles. The molecule has 1 unspecified atom stereocenters. The summed E-state index contributed by atoms with van der Waals surface area (Å²) in [7, 11) is 1.51. The molecule has 0 saturated carbocycles. The van der Waals surface area contributed by atoms with Crippen LogP contribution in [0.1, 0.15) is 57.4 Å². The Morgan fingerprint density at radius 1 is 1.38 bits per heavy atom. The van der Waals surface area contributed by atoms with E-state index in [0.717, 1.165) is 24.8 Å². The molecule has 24 heavy (non-hydrogen) atoms. The van der Waals surface area contributed by atoms with Gasteiger partial charge >= 0.3 is 0 Å². The Kier molecular flexibility index (Phi) is 7.16. The number of amides is 1. The third-order valence-corrected chi connectivity index (χ3v) is 4.58. The van der Waals surface area contributed by atoms with E-state index in [1.54, 1.807) is 23.8 Å². The normalized spacial score (nSPS) is 17.2. The van der Waals surface area contributed by atoms with Crippen molar-refractivity contribution in [1.29, 1.82) is 0 Å². The number of hydrogen-bond donors (Lipinski definition) is 2. The molecule has 2 N–H and O–H groups in total. The maximum absolute atomic E-state index is 12.2. The number of carbonyl (C=O) groups is 1. The second-order valence-electron chi connectivity index (χ2n) is 6.54. The summed E-state index contributed by atoms with van der Waals surface area (Å²) in [5.74, 6) is 0.517. The standard InChI is InChI=1S/C20H29NO3/c1-3-4-5-6-15-7-10-17(11-8-15)21-20(23)14-16-9-12-18(22)19(13-16)24-2/h7,9,12-13,17,22H,3-6,8,10-11,14H2,1-2H3,(H,21,23). The molecular weight excluding hydrogens is 302 g/mol. The van der Waals surface area contributed by atoms with Crippen LogP contribution in [0.4, 0.5) is 0 Å². The molecule has 4 nitrogen and oxygen atoms in total. The van der Waals surface area contributed by atoms with Gasteiger partial charge in [0.05, 0.1) is 13.5 Å². The number of aromatic hydroxyl groups is 1. The highest BCUT2D eigenvalue weighted by Crippen LogP contribution is 2.27. The van der Waals surface area contributed by atoms with E-state index in [0.29, 0.717) is 12.2 Å². The van der Waals surface area contributed by atoms with E-state index in [9.17, 15) is 9.90 Å². The molecule has 1 atom stereocenters. The molecule has 0 aromatic heterocycles. The van der Waals surface area contributed by atoms with Crippen molar-refractivity contribution in [2.75, 3.05) is 7.11 Å². The highest BCUT2D eigenvalue weighted by atomic mass is 16.5. The predicted molar refractivity (Wildman–Crippen MR) is 96.4 cm³/mol. The third kappa shape index (κ3) is 5.59. The molecule has 0 bridgehead atoms. The first-order valence-corrected chi connectivity index (χ1v) is 8.95.